The fourth-order valence-electron chi connectivity index (χ4n) is 3.96. The number of fused-ring (bicyclic) bond motifs is 1. The van der Waals surface area contributed by atoms with Crippen LogP contribution in [0.4, 0.5) is 11.6 Å². The van der Waals surface area contributed by atoms with Crippen LogP contribution in [0.25, 0.3) is 11.3 Å². The number of rotatable bonds is 3. The number of morpholine rings is 1. The molecule has 0 saturated carbocycles. The number of nitrogens with one attached hydrogen (secondary N) is 1. The van der Waals surface area contributed by atoms with Crippen molar-refractivity contribution in [2.45, 2.75) is 12.5 Å². The van der Waals surface area contributed by atoms with E-state index in [1.165, 1.54) is 0 Å². The minimum absolute atomic E-state index is 0.0143. The predicted octanol–water partition coefficient (Wildman–Crippen LogP) is 1.91. The number of hydrogen-bond acceptors (Lipinski definition) is 6. The molecule has 1 fully saturated rings. The first kappa shape index (κ1) is 18.5. The van der Waals surface area contributed by atoms with Gasteiger partial charge in [0.1, 0.15) is 6.10 Å². The van der Waals surface area contributed by atoms with Crippen LogP contribution >= 0.6 is 0 Å². The smallest absolute Gasteiger partial charge is 0.255 e. The van der Waals surface area contributed by atoms with Gasteiger partial charge in [0.15, 0.2) is 0 Å². The molecule has 5 rings (SSSR count). The highest BCUT2D eigenvalue weighted by Gasteiger charge is 2.27. The van der Waals surface area contributed by atoms with Crippen LogP contribution in [-0.4, -0.2) is 40.1 Å². The van der Waals surface area contributed by atoms with E-state index in [1.807, 2.05) is 30.3 Å². The molecule has 4 heterocycles. The molecule has 2 aliphatic heterocycles. The highest BCUT2D eigenvalue weighted by molar-refractivity contribution is 5.99. The van der Waals surface area contributed by atoms with Gasteiger partial charge in [-0.2, -0.15) is 0 Å². The Bertz CT molecular complexity index is 1180. The molecule has 2 aliphatic rings. The normalized spacial score (nSPS) is 18.2. The van der Waals surface area contributed by atoms with Crippen LogP contribution in [0.5, 0.6) is 0 Å². The Morgan fingerprint density at radius 1 is 1.13 bits per heavy atom. The van der Waals surface area contributed by atoms with Crippen molar-refractivity contribution in [1.29, 1.82) is 0 Å². The van der Waals surface area contributed by atoms with Crippen LogP contribution in [0.2, 0.25) is 0 Å². The zero-order valence-corrected chi connectivity index (χ0v) is 16.5. The van der Waals surface area contributed by atoms with Gasteiger partial charge in [0.05, 0.1) is 25.3 Å². The van der Waals surface area contributed by atoms with Gasteiger partial charge in [-0.3, -0.25) is 19.1 Å². The number of carbonyl (C=O) groups is 1. The SMILES string of the molecule is Cn1c(N2CCOC(c3ccc4c(c3)CC(=O)N4)C2)nc(-c2ccncc2)cc1=O. The Morgan fingerprint density at radius 2 is 1.97 bits per heavy atom. The zero-order chi connectivity index (χ0) is 20.7. The summed E-state index contributed by atoms with van der Waals surface area (Å²) in [5.41, 5.74) is 4.24. The van der Waals surface area contributed by atoms with E-state index >= 15 is 0 Å². The molecule has 0 bridgehead atoms. The van der Waals surface area contributed by atoms with E-state index in [9.17, 15) is 9.59 Å². The number of hydrogen-bond donors (Lipinski definition) is 1. The Labute approximate surface area is 173 Å². The first-order chi connectivity index (χ1) is 14.6. The van der Waals surface area contributed by atoms with Crippen LogP contribution in [-0.2, 0) is 23.0 Å². The molecule has 8 nitrogen and oxygen atoms in total. The van der Waals surface area contributed by atoms with Gasteiger partial charge in [0.25, 0.3) is 5.56 Å². The Morgan fingerprint density at radius 3 is 2.80 bits per heavy atom. The lowest BCUT2D eigenvalue weighted by Gasteiger charge is -2.34. The Balaban J connectivity index is 1.45. The fourth-order valence-corrected chi connectivity index (χ4v) is 3.96. The average Bonchev–Trinajstić information content (AvgIpc) is 3.15. The maximum Gasteiger partial charge on any atom is 0.255 e. The first-order valence-corrected chi connectivity index (χ1v) is 9.86. The molecule has 0 radical (unpaired) electrons. The van der Waals surface area contributed by atoms with Gasteiger partial charge in [0.2, 0.25) is 11.9 Å². The highest BCUT2D eigenvalue weighted by atomic mass is 16.5. The highest BCUT2D eigenvalue weighted by Crippen LogP contribution is 2.30. The van der Waals surface area contributed by atoms with E-state index in [1.54, 1.807) is 30.1 Å². The third kappa shape index (κ3) is 3.35. The summed E-state index contributed by atoms with van der Waals surface area (Å²) in [4.78, 5) is 35.1. The lowest BCUT2D eigenvalue weighted by molar-refractivity contribution is -0.115. The van der Waals surface area contributed by atoms with Crippen LogP contribution in [0.1, 0.15) is 17.2 Å². The molecule has 0 spiro atoms. The molecule has 0 aliphatic carbocycles. The summed E-state index contributed by atoms with van der Waals surface area (Å²) >= 11 is 0. The second-order valence-corrected chi connectivity index (χ2v) is 7.52. The minimum Gasteiger partial charge on any atom is -0.370 e. The molecule has 3 aromatic rings. The standard InChI is InChI=1S/C22H21N5O3/c1-26-21(29)12-18(14-4-6-23-7-5-14)25-22(26)27-8-9-30-19(13-27)15-2-3-17-16(10-15)11-20(28)24-17/h2-7,10,12,19H,8-9,11,13H2,1H3,(H,24,28). The van der Waals surface area contributed by atoms with Crippen LogP contribution in [0.15, 0.2) is 53.6 Å². The molecular formula is C22H21N5O3. The van der Waals surface area contributed by atoms with Gasteiger partial charge >= 0.3 is 0 Å². The number of nitrogens with zero attached hydrogens (tertiary/aromatic N) is 4. The van der Waals surface area contributed by atoms with Gasteiger partial charge in [-0.05, 0) is 29.3 Å². The van der Waals surface area contributed by atoms with Gasteiger partial charge in [-0.1, -0.05) is 12.1 Å². The van der Waals surface area contributed by atoms with E-state index in [2.05, 4.69) is 15.2 Å². The molecule has 152 valence electrons. The van der Waals surface area contributed by atoms with Crippen molar-refractivity contribution < 1.29 is 9.53 Å². The van der Waals surface area contributed by atoms with Gasteiger partial charge in [-0.15, -0.1) is 0 Å². The van der Waals surface area contributed by atoms with E-state index in [0.717, 1.165) is 22.4 Å². The molecule has 1 aromatic carbocycles. The van der Waals surface area contributed by atoms with Gasteiger partial charge in [-0.25, -0.2) is 4.98 Å². The topological polar surface area (TPSA) is 89.3 Å². The van der Waals surface area contributed by atoms with Crippen molar-refractivity contribution >= 4 is 17.5 Å². The predicted molar refractivity (Wildman–Crippen MR) is 112 cm³/mol. The molecule has 1 atom stereocenters. The molecule has 1 amide bonds. The molecule has 30 heavy (non-hydrogen) atoms. The second kappa shape index (κ2) is 7.38. The van der Waals surface area contributed by atoms with Crippen molar-refractivity contribution in [3.8, 4) is 11.3 Å². The van der Waals surface area contributed by atoms with E-state index < -0.39 is 0 Å². The van der Waals surface area contributed by atoms with E-state index in [4.69, 9.17) is 9.72 Å². The average molecular weight is 403 g/mol. The summed E-state index contributed by atoms with van der Waals surface area (Å²) in [7, 11) is 1.73. The van der Waals surface area contributed by atoms with Crippen molar-refractivity contribution in [2.75, 3.05) is 29.9 Å². The molecular weight excluding hydrogens is 382 g/mol. The summed E-state index contributed by atoms with van der Waals surface area (Å²) in [5, 5.41) is 2.85. The number of ether oxygens (including phenoxy) is 1. The third-order valence-electron chi connectivity index (χ3n) is 5.56. The van der Waals surface area contributed by atoms with Crippen LogP contribution in [0.3, 0.4) is 0 Å². The fraction of sp³-hybridized carbons (Fsp3) is 0.273. The number of anilines is 2. The monoisotopic (exact) mass is 403 g/mol. The van der Waals surface area contributed by atoms with E-state index in [0.29, 0.717) is 37.8 Å². The summed E-state index contributed by atoms with van der Waals surface area (Å²) in [6.45, 7) is 1.73. The lowest BCUT2D eigenvalue weighted by atomic mass is 10.0. The second-order valence-electron chi connectivity index (χ2n) is 7.52. The molecule has 1 unspecified atom stereocenters. The molecule has 8 heteroatoms. The maximum atomic E-state index is 12.6. The Kier molecular flexibility index (Phi) is 4.55. The van der Waals surface area contributed by atoms with Crippen molar-refractivity contribution in [1.82, 2.24) is 14.5 Å². The zero-order valence-electron chi connectivity index (χ0n) is 16.5. The lowest BCUT2D eigenvalue weighted by Crippen LogP contribution is -2.41. The molecule has 1 N–H and O–H groups in total. The van der Waals surface area contributed by atoms with Crippen molar-refractivity contribution in [3.05, 3.63) is 70.3 Å². The number of carbonyl (C=O) groups excluding carboxylic acids is 1. The molecule has 1 saturated heterocycles. The van der Waals surface area contributed by atoms with Crippen LogP contribution < -0.4 is 15.8 Å². The number of aromatic nitrogens is 3. The summed E-state index contributed by atoms with van der Waals surface area (Å²) in [6.07, 6.45) is 3.60. The van der Waals surface area contributed by atoms with Gasteiger partial charge in [0, 0.05) is 43.3 Å². The number of benzene rings is 1. The van der Waals surface area contributed by atoms with Crippen molar-refractivity contribution in [3.63, 3.8) is 0 Å². The van der Waals surface area contributed by atoms with Crippen LogP contribution in [0, 0.1) is 0 Å². The quantitative estimate of drug-likeness (QED) is 0.719. The van der Waals surface area contributed by atoms with E-state index in [-0.39, 0.29) is 17.6 Å². The number of amides is 1. The van der Waals surface area contributed by atoms with Crippen molar-refractivity contribution in [2.24, 2.45) is 7.05 Å². The summed E-state index contributed by atoms with van der Waals surface area (Å²) in [5.74, 6) is 0.626. The first-order valence-electron chi connectivity index (χ1n) is 9.86. The number of pyridine rings is 1. The van der Waals surface area contributed by atoms with Gasteiger partial charge < -0.3 is 15.0 Å². The molecule has 2 aromatic heterocycles. The summed E-state index contributed by atoms with van der Waals surface area (Å²) in [6, 6.07) is 11.2. The third-order valence-corrected chi connectivity index (χ3v) is 5.56. The summed E-state index contributed by atoms with van der Waals surface area (Å²) < 4.78 is 7.58. The Hall–Kier alpha value is -3.52. The minimum atomic E-state index is -0.166. The maximum absolute atomic E-state index is 12.6. The largest absolute Gasteiger partial charge is 0.370 e.